The number of carbonyl (C=O) groups is 1. The van der Waals surface area contributed by atoms with Gasteiger partial charge in [0.15, 0.2) is 0 Å². The lowest BCUT2D eigenvalue weighted by molar-refractivity contribution is -0.384. The molecule has 1 aromatic rings. The molecule has 0 radical (unpaired) electrons. The van der Waals surface area contributed by atoms with Crippen molar-refractivity contribution in [2.24, 2.45) is 5.73 Å². The topological polar surface area (TPSA) is 89.5 Å². The molecule has 0 bridgehead atoms. The zero-order valence-corrected chi connectivity index (χ0v) is 11.1. The number of benzene rings is 1. The number of amides is 1. The normalized spacial score (nSPS) is 15.7. The number of likely N-dealkylation sites (tertiary alicyclic amines) is 1. The van der Waals surface area contributed by atoms with Crippen molar-refractivity contribution < 1.29 is 9.72 Å². The molecule has 0 unspecified atom stereocenters. The first-order valence-electron chi connectivity index (χ1n) is 5.87. The predicted molar refractivity (Wildman–Crippen MR) is 73.5 cm³/mol. The summed E-state index contributed by atoms with van der Waals surface area (Å²) in [6, 6.07) is 5.98. The third-order valence-electron chi connectivity index (χ3n) is 3.13. The number of rotatable bonds is 2. The van der Waals surface area contributed by atoms with Crippen LogP contribution in [0.3, 0.4) is 0 Å². The van der Waals surface area contributed by atoms with Crippen LogP contribution in [0.15, 0.2) is 24.3 Å². The van der Waals surface area contributed by atoms with E-state index >= 15 is 0 Å². The van der Waals surface area contributed by atoms with Crippen molar-refractivity contribution in [1.82, 2.24) is 4.90 Å². The molecule has 0 aliphatic carbocycles. The Labute approximate surface area is 117 Å². The van der Waals surface area contributed by atoms with Gasteiger partial charge in [-0.3, -0.25) is 14.9 Å². The fourth-order valence-corrected chi connectivity index (χ4v) is 2.04. The van der Waals surface area contributed by atoms with Gasteiger partial charge in [-0.1, -0.05) is 6.07 Å². The van der Waals surface area contributed by atoms with Crippen molar-refractivity contribution in [3.8, 4) is 0 Å². The highest BCUT2D eigenvalue weighted by Gasteiger charge is 2.22. The molecule has 1 amide bonds. The Balaban J connectivity index is 0.00000180. The monoisotopic (exact) mass is 285 g/mol. The fraction of sp³-hybridized carbons (Fsp3) is 0.417. The zero-order valence-electron chi connectivity index (χ0n) is 10.3. The first-order valence-corrected chi connectivity index (χ1v) is 5.87. The second kappa shape index (κ2) is 6.49. The van der Waals surface area contributed by atoms with Gasteiger partial charge >= 0.3 is 0 Å². The Morgan fingerprint density at radius 3 is 2.58 bits per heavy atom. The second-order valence-corrected chi connectivity index (χ2v) is 4.44. The van der Waals surface area contributed by atoms with Gasteiger partial charge in [-0.25, -0.2) is 0 Å². The van der Waals surface area contributed by atoms with Crippen molar-refractivity contribution >= 4 is 24.0 Å². The summed E-state index contributed by atoms with van der Waals surface area (Å²) >= 11 is 0. The lowest BCUT2D eigenvalue weighted by Gasteiger charge is -2.30. The van der Waals surface area contributed by atoms with Crippen LogP contribution in [0, 0.1) is 10.1 Å². The van der Waals surface area contributed by atoms with Crippen molar-refractivity contribution in [2.75, 3.05) is 13.1 Å². The van der Waals surface area contributed by atoms with Gasteiger partial charge in [-0.15, -0.1) is 12.4 Å². The van der Waals surface area contributed by atoms with Gasteiger partial charge in [0.25, 0.3) is 11.6 Å². The Bertz CT molecular complexity index is 473. The summed E-state index contributed by atoms with van der Waals surface area (Å²) in [5.74, 6) is -0.161. The molecule has 0 saturated carbocycles. The maximum absolute atomic E-state index is 12.1. The summed E-state index contributed by atoms with van der Waals surface area (Å²) < 4.78 is 0. The first kappa shape index (κ1) is 15.4. The van der Waals surface area contributed by atoms with E-state index in [4.69, 9.17) is 5.73 Å². The lowest BCUT2D eigenvalue weighted by Crippen LogP contribution is -2.42. The van der Waals surface area contributed by atoms with Gasteiger partial charge in [0.05, 0.1) is 4.92 Å². The number of non-ortho nitro benzene ring substituents is 1. The number of nitrogens with zero attached hydrogens (tertiary/aromatic N) is 2. The maximum atomic E-state index is 12.1. The van der Waals surface area contributed by atoms with Crippen LogP contribution < -0.4 is 5.73 Å². The SMILES string of the molecule is Cl.NC1CCN(C(=O)c2cccc([N+](=O)[O-])c2)CC1. The third kappa shape index (κ3) is 3.65. The molecule has 1 aliphatic rings. The van der Waals surface area contributed by atoms with Crippen LogP contribution in [0.1, 0.15) is 23.2 Å². The number of hydrogen-bond donors (Lipinski definition) is 1. The number of nitro benzene ring substituents is 1. The summed E-state index contributed by atoms with van der Waals surface area (Å²) in [7, 11) is 0. The van der Waals surface area contributed by atoms with Crippen LogP contribution in [0.5, 0.6) is 0 Å². The predicted octanol–water partition coefficient (Wildman–Crippen LogP) is 1.58. The van der Waals surface area contributed by atoms with E-state index in [1.165, 1.54) is 18.2 Å². The second-order valence-electron chi connectivity index (χ2n) is 4.44. The molecule has 7 heteroatoms. The van der Waals surface area contributed by atoms with E-state index in [1.807, 2.05) is 0 Å². The zero-order chi connectivity index (χ0) is 13.1. The summed E-state index contributed by atoms with van der Waals surface area (Å²) in [6.07, 6.45) is 1.56. The number of nitrogens with two attached hydrogens (primary N) is 1. The average molecular weight is 286 g/mol. The van der Waals surface area contributed by atoms with Crippen molar-refractivity contribution in [3.63, 3.8) is 0 Å². The summed E-state index contributed by atoms with van der Waals surface area (Å²) in [6.45, 7) is 1.23. The molecule has 1 aromatic carbocycles. The number of halogens is 1. The molecular formula is C12H16ClN3O3. The highest BCUT2D eigenvalue weighted by Crippen LogP contribution is 2.17. The molecule has 0 aromatic heterocycles. The van der Waals surface area contributed by atoms with Gasteiger partial charge in [0.1, 0.15) is 0 Å². The molecule has 0 spiro atoms. The molecule has 2 N–H and O–H groups in total. The molecule has 1 aliphatic heterocycles. The third-order valence-corrected chi connectivity index (χ3v) is 3.13. The molecule has 6 nitrogen and oxygen atoms in total. The van der Waals surface area contributed by atoms with E-state index in [0.29, 0.717) is 18.7 Å². The Hall–Kier alpha value is -1.66. The van der Waals surface area contributed by atoms with E-state index in [0.717, 1.165) is 12.8 Å². The average Bonchev–Trinajstić information content (AvgIpc) is 2.39. The van der Waals surface area contributed by atoms with Gasteiger partial charge < -0.3 is 10.6 Å². The van der Waals surface area contributed by atoms with Crippen LogP contribution in [0.2, 0.25) is 0 Å². The van der Waals surface area contributed by atoms with Gasteiger partial charge in [0, 0.05) is 36.8 Å². The molecule has 1 fully saturated rings. The lowest BCUT2D eigenvalue weighted by atomic mass is 10.0. The minimum atomic E-state index is -0.497. The Morgan fingerprint density at radius 2 is 2.00 bits per heavy atom. The Morgan fingerprint density at radius 1 is 1.37 bits per heavy atom. The van der Waals surface area contributed by atoms with Crippen LogP contribution in [-0.2, 0) is 0 Å². The van der Waals surface area contributed by atoms with Crippen molar-refractivity contribution in [2.45, 2.75) is 18.9 Å². The number of nitro groups is 1. The van der Waals surface area contributed by atoms with Crippen LogP contribution >= 0.6 is 12.4 Å². The highest BCUT2D eigenvalue weighted by atomic mass is 35.5. The van der Waals surface area contributed by atoms with Crippen LogP contribution in [0.4, 0.5) is 5.69 Å². The molecule has 0 atom stereocenters. The largest absolute Gasteiger partial charge is 0.339 e. The molecule has 19 heavy (non-hydrogen) atoms. The minimum Gasteiger partial charge on any atom is -0.339 e. The molecule has 1 heterocycles. The minimum absolute atomic E-state index is 0. The van der Waals surface area contributed by atoms with Gasteiger partial charge in [0.2, 0.25) is 0 Å². The summed E-state index contributed by atoms with van der Waals surface area (Å²) in [5.41, 5.74) is 6.07. The molecular weight excluding hydrogens is 270 g/mol. The molecule has 1 saturated heterocycles. The summed E-state index contributed by atoms with van der Waals surface area (Å²) in [4.78, 5) is 24.0. The fourth-order valence-electron chi connectivity index (χ4n) is 2.04. The van der Waals surface area contributed by atoms with E-state index in [9.17, 15) is 14.9 Å². The van der Waals surface area contributed by atoms with Crippen LogP contribution in [-0.4, -0.2) is 34.9 Å². The first-order chi connectivity index (χ1) is 8.58. The molecule has 2 rings (SSSR count). The number of carbonyl (C=O) groups excluding carboxylic acids is 1. The highest BCUT2D eigenvalue weighted by molar-refractivity contribution is 5.94. The smallest absolute Gasteiger partial charge is 0.270 e. The summed E-state index contributed by atoms with van der Waals surface area (Å²) in [5, 5.41) is 10.7. The van der Waals surface area contributed by atoms with E-state index in [-0.39, 0.29) is 30.0 Å². The van der Waals surface area contributed by atoms with E-state index < -0.39 is 4.92 Å². The van der Waals surface area contributed by atoms with Crippen molar-refractivity contribution in [3.05, 3.63) is 39.9 Å². The number of hydrogen-bond acceptors (Lipinski definition) is 4. The maximum Gasteiger partial charge on any atom is 0.270 e. The van der Waals surface area contributed by atoms with Crippen LogP contribution in [0.25, 0.3) is 0 Å². The molecule has 104 valence electrons. The Kier molecular flexibility index (Phi) is 5.26. The van der Waals surface area contributed by atoms with Gasteiger partial charge in [-0.2, -0.15) is 0 Å². The van der Waals surface area contributed by atoms with Gasteiger partial charge in [-0.05, 0) is 18.9 Å². The van der Waals surface area contributed by atoms with E-state index in [2.05, 4.69) is 0 Å². The quantitative estimate of drug-likeness (QED) is 0.660. The van der Waals surface area contributed by atoms with E-state index in [1.54, 1.807) is 11.0 Å². The number of piperidine rings is 1. The van der Waals surface area contributed by atoms with Crippen molar-refractivity contribution in [1.29, 1.82) is 0 Å². The standard InChI is InChI=1S/C12H15N3O3.ClH/c13-10-4-6-14(7-5-10)12(16)9-2-1-3-11(8-9)15(17)18;/h1-3,8,10H,4-7,13H2;1H.